The molecule has 0 aromatic heterocycles. The Hall–Kier alpha value is -1.89. The molecule has 0 bridgehead atoms. The Morgan fingerprint density at radius 1 is 1.08 bits per heavy atom. The van der Waals surface area contributed by atoms with Gasteiger partial charge < -0.3 is 4.74 Å². The standard InChI is InChI=1S/C17H18ClNO4S/c1-23-15-8-10-16(11-9-15)24(21,22)19-12-2-3-17(20)13-4-6-14(18)7-5-13/h4-11,19H,2-3,12H2,1H3. The number of nitrogens with one attached hydrogen (secondary N) is 1. The number of hydrogen-bond acceptors (Lipinski definition) is 4. The molecule has 0 saturated heterocycles. The summed E-state index contributed by atoms with van der Waals surface area (Å²) in [5.41, 5.74) is 0.567. The number of ether oxygens (including phenoxy) is 1. The molecule has 2 rings (SSSR count). The average Bonchev–Trinajstić information content (AvgIpc) is 2.59. The van der Waals surface area contributed by atoms with Crippen molar-refractivity contribution in [2.75, 3.05) is 13.7 Å². The van der Waals surface area contributed by atoms with E-state index in [0.717, 1.165) is 0 Å². The third kappa shape index (κ3) is 5.06. The van der Waals surface area contributed by atoms with Crippen molar-refractivity contribution in [3.63, 3.8) is 0 Å². The first-order chi connectivity index (χ1) is 11.4. The molecule has 0 unspecified atom stereocenters. The van der Waals surface area contributed by atoms with Crippen LogP contribution in [0.4, 0.5) is 0 Å². The molecule has 5 nitrogen and oxygen atoms in total. The first-order valence-corrected chi connectivity index (χ1v) is 9.21. The number of benzene rings is 2. The quantitative estimate of drug-likeness (QED) is 0.574. The van der Waals surface area contributed by atoms with Crippen molar-refractivity contribution in [3.8, 4) is 5.75 Å². The molecular formula is C17H18ClNO4S. The van der Waals surface area contributed by atoms with Crippen LogP contribution in [0.5, 0.6) is 5.75 Å². The molecule has 2 aromatic carbocycles. The van der Waals surface area contributed by atoms with Gasteiger partial charge in [-0.05, 0) is 55.0 Å². The number of hydrogen-bond donors (Lipinski definition) is 1. The number of methoxy groups -OCH3 is 1. The van der Waals surface area contributed by atoms with Crippen LogP contribution in [-0.4, -0.2) is 27.9 Å². The molecule has 0 fully saturated rings. The molecule has 0 heterocycles. The lowest BCUT2D eigenvalue weighted by atomic mass is 10.1. The largest absolute Gasteiger partial charge is 0.497 e. The predicted molar refractivity (Wildman–Crippen MR) is 93.2 cm³/mol. The lowest BCUT2D eigenvalue weighted by Crippen LogP contribution is -2.25. The van der Waals surface area contributed by atoms with Crippen LogP contribution in [0.2, 0.25) is 5.02 Å². The lowest BCUT2D eigenvalue weighted by molar-refractivity contribution is 0.0980. The molecule has 0 amide bonds. The number of ketones is 1. The van der Waals surface area contributed by atoms with E-state index in [0.29, 0.717) is 22.8 Å². The summed E-state index contributed by atoms with van der Waals surface area (Å²) in [7, 11) is -2.07. The molecular weight excluding hydrogens is 350 g/mol. The Morgan fingerprint density at radius 3 is 2.29 bits per heavy atom. The molecule has 2 aromatic rings. The van der Waals surface area contributed by atoms with Gasteiger partial charge in [0.25, 0.3) is 0 Å². The van der Waals surface area contributed by atoms with Gasteiger partial charge in [-0.25, -0.2) is 13.1 Å². The van der Waals surface area contributed by atoms with Crippen molar-refractivity contribution in [3.05, 3.63) is 59.1 Å². The van der Waals surface area contributed by atoms with Gasteiger partial charge in [0, 0.05) is 23.6 Å². The number of halogens is 1. The normalized spacial score (nSPS) is 11.2. The van der Waals surface area contributed by atoms with Gasteiger partial charge in [-0.1, -0.05) is 11.6 Å². The van der Waals surface area contributed by atoms with Crippen LogP contribution in [0.3, 0.4) is 0 Å². The molecule has 24 heavy (non-hydrogen) atoms. The fourth-order valence-corrected chi connectivity index (χ4v) is 3.27. The minimum Gasteiger partial charge on any atom is -0.497 e. The summed E-state index contributed by atoms with van der Waals surface area (Å²) in [6.45, 7) is 0.188. The maximum Gasteiger partial charge on any atom is 0.240 e. The van der Waals surface area contributed by atoms with Crippen molar-refractivity contribution >= 4 is 27.4 Å². The van der Waals surface area contributed by atoms with Crippen LogP contribution >= 0.6 is 11.6 Å². The Bertz CT molecular complexity index is 786. The molecule has 0 aliphatic rings. The van der Waals surface area contributed by atoms with E-state index in [-0.39, 0.29) is 23.6 Å². The van der Waals surface area contributed by atoms with Gasteiger partial charge in [0.2, 0.25) is 10.0 Å². The highest BCUT2D eigenvalue weighted by molar-refractivity contribution is 7.89. The maximum atomic E-state index is 12.1. The van der Waals surface area contributed by atoms with Crippen LogP contribution in [0, 0.1) is 0 Å². The van der Waals surface area contributed by atoms with E-state index in [1.165, 1.54) is 19.2 Å². The number of carbonyl (C=O) groups excluding carboxylic acids is 1. The minimum atomic E-state index is -3.59. The smallest absolute Gasteiger partial charge is 0.240 e. The first kappa shape index (κ1) is 18.4. The summed E-state index contributed by atoms with van der Waals surface area (Å²) >= 11 is 5.77. The van der Waals surface area contributed by atoms with Crippen molar-refractivity contribution in [1.82, 2.24) is 4.72 Å². The van der Waals surface area contributed by atoms with E-state index < -0.39 is 10.0 Å². The molecule has 128 valence electrons. The summed E-state index contributed by atoms with van der Waals surface area (Å²) in [6.07, 6.45) is 0.670. The zero-order valence-corrected chi connectivity index (χ0v) is 14.7. The Morgan fingerprint density at radius 2 is 1.71 bits per heavy atom. The second-order valence-corrected chi connectivity index (χ2v) is 7.31. The van der Waals surface area contributed by atoms with Crippen LogP contribution in [0.25, 0.3) is 0 Å². The first-order valence-electron chi connectivity index (χ1n) is 7.35. The molecule has 0 saturated carbocycles. The average molecular weight is 368 g/mol. The molecule has 0 radical (unpaired) electrons. The summed E-state index contributed by atoms with van der Waals surface area (Å²) in [5.74, 6) is 0.540. The highest BCUT2D eigenvalue weighted by atomic mass is 35.5. The fraction of sp³-hybridized carbons (Fsp3) is 0.235. The highest BCUT2D eigenvalue weighted by Gasteiger charge is 2.13. The summed E-state index contributed by atoms with van der Waals surface area (Å²) in [5, 5.41) is 0.568. The van der Waals surface area contributed by atoms with E-state index in [9.17, 15) is 13.2 Å². The van der Waals surface area contributed by atoms with E-state index in [1.807, 2.05) is 0 Å². The predicted octanol–water partition coefficient (Wildman–Crippen LogP) is 3.29. The highest BCUT2D eigenvalue weighted by Crippen LogP contribution is 2.15. The van der Waals surface area contributed by atoms with Crippen molar-refractivity contribution in [2.24, 2.45) is 0 Å². The zero-order valence-electron chi connectivity index (χ0n) is 13.2. The van der Waals surface area contributed by atoms with Gasteiger partial charge in [-0.15, -0.1) is 0 Å². The lowest BCUT2D eigenvalue weighted by Gasteiger charge is -2.07. The minimum absolute atomic E-state index is 0.0460. The van der Waals surface area contributed by atoms with E-state index in [4.69, 9.17) is 16.3 Å². The monoisotopic (exact) mass is 367 g/mol. The van der Waals surface area contributed by atoms with Gasteiger partial charge in [-0.2, -0.15) is 0 Å². The third-order valence-electron chi connectivity index (χ3n) is 3.41. The summed E-state index contributed by atoms with van der Waals surface area (Å²) in [6, 6.07) is 12.7. The van der Waals surface area contributed by atoms with Crippen LogP contribution in [0.15, 0.2) is 53.4 Å². The SMILES string of the molecule is COc1ccc(S(=O)(=O)NCCCC(=O)c2ccc(Cl)cc2)cc1. The zero-order chi connectivity index (χ0) is 17.6. The number of rotatable bonds is 8. The molecule has 0 aliphatic carbocycles. The molecule has 0 atom stereocenters. The van der Waals surface area contributed by atoms with E-state index >= 15 is 0 Å². The van der Waals surface area contributed by atoms with Crippen molar-refractivity contribution in [1.29, 1.82) is 0 Å². The van der Waals surface area contributed by atoms with E-state index in [1.54, 1.807) is 36.4 Å². The Kier molecular flexibility index (Phi) is 6.36. The van der Waals surface area contributed by atoms with Gasteiger partial charge >= 0.3 is 0 Å². The fourth-order valence-electron chi connectivity index (χ4n) is 2.07. The van der Waals surface area contributed by atoms with Gasteiger partial charge in [-0.3, -0.25) is 4.79 Å². The molecule has 7 heteroatoms. The Balaban J connectivity index is 1.84. The van der Waals surface area contributed by atoms with E-state index in [2.05, 4.69) is 4.72 Å². The molecule has 0 spiro atoms. The van der Waals surface area contributed by atoms with Crippen LogP contribution in [-0.2, 0) is 10.0 Å². The maximum absolute atomic E-state index is 12.1. The number of sulfonamides is 1. The van der Waals surface area contributed by atoms with Crippen molar-refractivity contribution in [2.45, 2.75) is 17.7 Å². The topological polar surface area (TPSA) is 72.5 Å². The van der Waals surface area contributed by atoms with Gasteiger partial charge in [0.05, 0.1) is 12.0 Å². The van der Waals surface area contributed by atoms with Crippen LogP contribution in [0.1, 0.15) is 23.2 Å². The second kappa shape index (κ2) is 8.28. The van der Waals surface area contributed by atoms with Gasteiger partial charge in [0.1, 0.15) is 5.75 Å². The number of carbonyl (C=O) groups is 1. The number of Topliss-reactive ketones (excluding diaryl/α,β-unsaturated/α-hetero) is 1. The van der Waals surface area contributed by atoms with Crippen LogP contribution < -0.4 is 9.46 Å². The second-order valence-electron chi connectivity index (χ2n) is 5.11. The third-order valence-corrected chi connectivity index (χ3v) is 5.14. The molecule has 0 aliphatic heterocycles. The molecule has 1 N–H and O–H groups in total. The Labute approximate surface area is 146 Å². The summed E-state index contributed by atoms with van der Waals surface area (Å²) in [4.78, 5) is 12.1. The van der Waals surface area contributed by atoms with Gasteiger partial charge in [0.15, 0.2) is 5.78 Å². The summed E-state index contributed by atoms with van der Waals surface area (Å²) < 4.78 is 31.7. The van der Waals surface area contributed by atoms with Crippen molar-refractivity contribution < 1.29 is 17.9 Å².